The molecule has 1 aromatic carbocycles. The van der Waals surface area contributed by atoms with Gasteiger partial charge in [0, 0.05) is 10.8 Å². The van der Waals surface area contributed by atoms with Crippen LogP contribution in [0.3, 0.4) is 0 Å². The summed E-state index contributed by atoms with van der Waals surface area (Å²) in [4.78, 5) is 25.3. The summed E-state index contributed by atoms with van der Waals surface area (Å²) in [5.74, 6) is -1.42. The number of rotatable bonds is 10. The van der Waals surface area contributed by atoms with E-state index in [1.165, 1.54) is 6.08 Å². The smallest absolute Gasteiger partial charge is 0.348 e. The fourth-order valence-corrected chi connectivity index (χ4v) is 4.93. The maximum atomic E-state index is 12.7. The molecule has 4 rings (SSSR count). The number of benzene rings is 1. The van der Waals surface area contributed by atoms with Gasteiger partial charge in [-0.15, -0.1) is 0 Å². The molecule has 0 N–H and O–H groups in total. The topological polar surface area (TPSA) is 137 Å². The van der Waals surface area contributed by atoms with Crippen molar-refractivity contribution >= 4 is 18.0 Å². The zero-order valence-corrected chi connectivity index (χ0v) is 26.7. The van der Waals surface area contributed by atoms with E-state index in [4.69, 9.17) is 28.4 Å². The largest absolute Gasteiger partial charge is 0.461 e. The van der Waals surface area contributed by atoms with Crippen molar-refractivity contribution in [3.05, 3.63) is 89.1 Å². The van der Waals surface area contributed by atoms with Gasteiger partial charge in [-0.25, -0.2) is 9.59 Å². The Morgan fingerprint density at radius 3 is 1.80 bits per heavy atom. The summed E-state index contributed by atoms with van der Waals surface area (Å²) in [6.07, 6.45) is 11.7. The number of carbonyl (C=O) groups is 2. The first-order valence-electron chi connectivity index (χ1n) is 15.1. The maximum absolute atomic E-state index is 12.7. The first-order chi connectivity index (χ1) is 22.0. The van der Waals surface area contributed by atoms with Crippen LogP contribution >= 0.6 is 0 Å². The summed E-state index contributed by atoms with van der Waals surface area (Å²) >= 11 is 0. The van der Waals surface area contributed by atoms with Gasteiger partial charge in [-0.2, -0.15) is 10.5 Å². The van der Waals surface area contributed by atoms with E-state index in [0.29, 0.717) is 32.8 Å². The molecule has 0 atom stereocenters. The van der Waals surface area contributed by atoms with Crippen molar-refractivity contribution in [1.82, 2.24) is 0 Å². The van der Waals surface area contributed by atoms with Crippen LogP contribution in [0.1, 0.15) is 39.7 Å². The molecule has 0 bridgehead atoms. The van der Waals surface area contributed by atoms with Gasteiger partial charge < -0.3 is 28.4 Å². The summed E-state index contributed by atoms with van der Waals surface area (Å²) in [5, 5.41) is 19.0. The molecule has 46 heavy (non-hydrogen) atoms. The molecule has 2 fully saturated rings. The van der Waals surface area contributed by atoms with Crippen molar-refractivity contribution in [2.45, 2.75) is 46.7 Å². The van der Waals surface area contributed by atoms with Gasteiger partial charge in [0.1, 0.15) is 36.5 Å². The van der Waals surface area contributed by atoms with Gasteiger partial charge in [-0.3, -0.25) is 0 Å². The lowest BCUT2D eigenvalue weighted by atomic mass is 9.86. The highest BCUT2D eigenvalue weighted by molar-refractivity contribution is 5.97. The molecule has 0 unspecified atom stereocenters. The summed E-state index contributed by atoms with van der Waals surface area (Å²) in [7, 11) is 0. The molecule has 10 heteroatoms. The Kier molecular flexibility index (Phi) is 11.5. The van der Waals surface area contributed by atoms with Crippen LogP contribution in [-0.4, -0.2) is 64.2 Å². The molecule has 2 saturated heterocycles. The molecule has 0 radical (unpaired) electrons. The monoisotopic (exact) mass is 628 g/mol. The Labute approximate surface area is 270 Å². The number of carbonyl (C=O) groups excluding carboxylic acids is 2. The first-order valence-corrected chi connectivity index (χ1v) is 15.1. The molecule has 3 aliphatic rings. The summed E-state index contributed by atoms with van der Waals surface area (Å²) < 4.78 is 35.3. The average molecular weight is 629 g/mol. The van der Waals surface area contributed by atoms with Crippen molar-refractivity contribution in [3.8, 4) is 12.1 Å². The van der Waals surface area contributed by atoms with E-state index >= 15 is 0 Å². The molecule has 2 aliphatic heterocycles. The predicted molar refractivity (Wildman–Crippen MR) is 168 cm³/mol. The Bertz CT molecular complexity index is 1490. The van der Waals surface area contributed by atoms with Crippen molar-refractivity contribution in [2.24, 2.45) is 16.2 Å². The number of ether oxygens (including phenoxy) is 6. The van der Waals surface area contributed by atoms with Gasteiger partial charge in [-0.1, -0.05) is 88.4 Å². The fourth-order valence-electron chi connectivity index (χ4n) is 4.93. The minimum absolute atomic E-state index is 0.0165. The van der Waals surface area contributed by atoms with Gasteiger partial charge in [0.05, 0.1) is 31.8 Å². The minimum atomic E-state index is -0.716. The van der Waals surface area contributed by atoms with Crippen molar-refractivity contribution in [3.63, 3.8) is 0 Å². The Hall–Kier alpha value is -4.32. The lowest BCUT2D eigenvalue weighted by Crippen LogP contribution is -2.57. The molecule has 0 aromatic heterocycles. The third kappa shape index (κ3) is 9.12. The second-order valence-electron chi connectivity index (χ2n) is 13.0. The van der Waals surface area contributed by atoms with Crippen LogP contribution < -0.4 is 0 Å². The fraction of sp³-hybridized carbons (Fsp3) is 0.444. The third-order valence-corrected chi connectivity index (χ3v) is 7.73. The average Bonchev–Trinajstić information content (AvgIpc) is 3.33. The number of esters is 2. The highest BCUT2D eigenvalue weighted by Gasteiger charge is 2.48. The highest BCUT2D eigenvalue weighted by atomic mass is 16.7. The zero-order chi connectivity index (χ0) is 33.2. The van der Waals surface area contributed by atoms with E-state index in [-0.39, 0.29) is 24.4 Å². The van der Waals surface area contributed by atoms with Gasteiger partial charge in [0.25, 0.3) is 0 Å². The lowest BCUT2D eigenvalue weighted by Gasteiger charge is -2.48. The second kappa shape index (κ2) is 15.3. The van der Waals surface area contributed by atoms with Crippen molar-refractivity contribution < 1.29 is 38.0 Å². The zero-order valence-electron chi connectivity index (χ0n) is 26.7. The molecular formula is C36H40N2O8. The van der Waals surface area contributed by atoms with Crippen LogP contribution in [0.4, 0.5) is 0 Å². The van der Waals surface area contributed by atoms with E-state index in [1.54, 1.807) is 18.2 Å². The normalized spacial score (nSPS) is 23.9. The SMILES string of the molecule is CC(C)(COC(=O)/C(C#N)=C\C1=CC=CC=CC1)C1OCC2(CO1)COC(C(C)(C)COC(=O)/C(C#N)=C\c1ccccc1)OC2. The van der Waals surface area contributed by atoms with E-state index < -0.39 is 40.8 Å². The van der Waals surface area contributed by atoms with Gasteiger partial charge in [-0.05, 0) is 29.7 Å². The molecule has 1 spiro atoms. The number of hydrogen-bond acceptors (Lipinski definition) is 10. The van der Waals surface area contributed by atoms with Gasteiger partial charge in [0.15, 0.2) is 12.6 Å². The molecule has 1 aromatic rings. The second-order valence-corrected chi connectivity index (χ2v) is 13.0. The Morgan fingerprint density at radius 1 is 0.804 bits per heavy atom. The van der Waals surface area contributed by atoms with Crippen molar-refractivity contribution in [2.75, 3.05) is 39.6 Å². The van der Waals surface area contributed by atoms with Crippen LogP contribution in [0.2, 0.25) is 0 Å². The Morgan fingerprint density at radius 2 is 1.30 bits per heavy atom. The first kappa shape index (κ1) is 34.6. The molecular weight excluding hydrogens is 588 g/mol. The van der Waals surface area contributed by atoms with Crippen LogP contribution in [-0.2, 0) is 38.0 Å². The van der Waals surface area contributed by atoms with Crippen LogP contribution in [0.25, 0.3) is 6.08 Å². The molecule has 242 valence electrons. The molecule has 1 aliphatic carbocycles. The van der Waals surface area contributed by atoms with Crippen LogP contribution in [0.15, 0.2) is 83.5 Å². The highest BCUT2D eigenvalue weighted by Crippen LogP contribution is 2.38. The molecule has 0 saturated carbocycles. The number of hydrogen-bond donors (Lipinski definition) is 0. The minimum Gasteiger partial charge on any atom is -0.461 e. The van der Waals surface area contributed by atoms with E-state index in [2.05, 4.69) is 0 Å². The predicted octanol–water partition coefficient (Wildman–Crippen LogP) is 5.36. The number of nitrogens with zero attached hydrogens (tertiary/aromatic N) is 2. The quantitative estimate of drug-likeness (QED) is 0.189. The summed E-state index contributed by atoms with van der Waals surface area (Å²) in [5.41, 5.74) is -0.560. The molecule has 0 amide bonds. The standard InChI is InChI=1S/C36H40N2O8/c1-34(2,20-41-30(39)28(18-37)16-26-12-8-5-6-9-13-26)32-43-22-36(23-44-32)24-45-33(46-25-36)35(3,4)21-42-31(40)29(19-38)17-27-14-10-7-11-15-27/h5-12,14-17,32-33H,13,20-25H2,1-4H3/b28-16-,29-17-. The molecule has 2 heterocycles. The van der Waals surface area contributed by atoms with Crippen LogP contribution in [0.5, 0.6) is 0 Å². The number of allylic oxidation sites excluding steroid dienone is 7. The Balaban J connectivity index is 1.24. The van der Waals surface area contributed by atoms with Gasteiger partial charge >= 0.3 is 11.9 Å². The third-order valence-electron chi connectivity index (χ3n) is 7.73. The lowest BCUT2D eigenvalue weighted by molar-refractivity contribution is -0.337. The molecule has 10 nitrogen and oxygen atoms in total. The van der Waals surface area contributed by atoms with E-state index in [0.717, 1.165) is 11.1 Å². The van der Waals surface area contributed by atoms with E-state index in [9.17, 15) is 20.1 Å². The van der Waals surface area contributed by atoms with Crippen molar-refractivity contribution in [1.29, 1.82) is 10.5 Å². The van der Waals surface area contributed by atoms with Crippen LogP contribution in [0, 0.1) is 38.9 Å². The maximum Gasteiger partial charge on any atom is 0.348 e. The number of nitriles is 2. The summed E-state index contributed by atoms with van der Waals surface area (Å²) in [6, 6.07) is 12.9. The summed E-state index contributed by atoms with van der Waals surface area (Å²) in [6.45, 7) is 8.60. The van der Waals surface area contributed by atoms with Gasteiger partial charge in [0.2, 0.25) is 0 Å². The van der Waals surface area contributed by atoms with E-state index in [1.807, 2.05) is 88.4 Å².